The highest BCUT2D eigenvalue weighted by atomic mass is 19.3. The molecule has 4 fully saturated rings. The molecule has 2 N–H and O–H groups in total. The fraction of sp³-hybridized carbons (Fsp3) is 1.00. The van der Waals surface area contributed by atoms with Crippen LogP contribution >= 0.6 is 0 Å². The third-order valence-corrected chi connectivity index (χ3v) is 4.90. The zero-order valence-electron chi connectivity index (χ0n) is 8.96. The van der Waals surface area contributed by atoms with Crippen LogP contribution in [0, 0.1) is 23.7 Å². The van der Waals surface area contributed by atoms with Crippen molar-refractivity contribution in [2.24, 2.45) is 29.4 Å². The second kappa shape index (κ2) is 3.16. The SMILES string of the molecule is N[C@@]12C[C@@H]3C[C@@H](C[C@H](C(F)F)[C@@H](C3)C1)C2. The summed E-state index contributed by atoms with van der Waals surface area (Å²) in [7, 11) is 0. The zero-order chi connectivity index (χ0) is 10.6. The van der Waals surface area contributed by atoms with E-state index in [1.54, 1.807) is 0 Å². The third-order valence-electron chi connectivity index (χ3n) is 4.90. The Labute approximate surface area is 89.4 Å². The van der Waals surface area contributed by atoms with Gasteiger partial charge in [-0.25, -0.2) is 8.78 Å². The lowest BCUT2D eigenvalue weighted by Crippen LogP contribution is -2.50. The predicted octanol–water partition coefficient (Wildman–Crippen LogP) is 2.80. The monoisotopic (exact) mass is 215 g/mol. The van der Waals surface area contributed by atoms with Gasteiger partial charge < -0.3 is 5.73 Å². The van der Waals surface area contributed by atoms with E-state index < -0.39 is 6.43 Å². The number of nitrogens with two attached hydrogens (primary N) is 1. The van der Waals surface area contributed by atoms with Crippen molar-refractivity contribution in [3.05, 3.63) is 0 Å². The van der Waals surface area contributed by atoms with Crippen molar-refractivity contribution in [2.75, 3.05) is 0 Å². The van der Waals surface area contributed by atoms with Crippen LogP contribution in [0.1, 0.15) is 38.5 Å². The lowest BCUT2D eigenvalue weighted by atomic mass is 9.63. The second-order valence-corrected chi connectivity index (χ2v) is 6.17. The first-order valence-corrected chi connectivity index (χ1v) is 6.13. The summed E-state index contributed by atoms with van der Waals surface area (Å²) in [5.41, 5.74) is 6.26. The Balaban J connectivity index is 1.90. The van der Waals surface area contributed by atoms with Crippen LogP contribution in [-0.2, 0) is 0 Å². The van der Waals surface area contributed by atoms with Gasteiger partial charge >= 0.3 is 0 Å². The Morgan fingerprint density at radius 2 is 1.67 bits per heavy atom. The van der Waals surface area contributed by atoms with Gasteiger partial charge in [0.05, 0.1) is 0 Å². The molecule has 86 valence electrons. The highest BCUT2D eigenvalue weighted by Gasteiger charge is 2.51. The summed E-state index contributed by atoms with van der Waals surface area (Å²) >= 11 is 0. The molecule has 4 bridgehead atoms. The lowest BCUT2D eigenvalue weighted by molar-refractivity contribution is 0.0218. The van der Waals surface area contributed by atoms with Crippen molar-refractivity contribution < 1.29 is 8.78 Å². The van der Waals surface area contributed by atoms with Gasteiger partial charge in [0, 0.05) is 11.5 Å². The average Bonchev–Trinajstić information content (AvgIpc) is 2.26. The summed E-state index contributed by atoms with van der Waals surface area (Å²) in [5.74, 6) is 0.989. The fourth-order valence-electron chi connectivity index (χ4n) is 4.64. The zero-order valence-corrected chi connectivity index (χ0v) is 8.96. The molecule has 0 aromatic heterocycles. The minimum absolute atomic E-state index is 0.0832. The minimum atomic E-state index is -2.13. The largest absolute Gasteiger partial charge is 0.325 e. The Morgan fingerprint density at radius 1 is 1.00 bits per heavy atom. The molecule has 0 radical (unpaired) electrons. The molecule has 4 rings (SSSR count). The third kappa shape index (κ3) is 1.59. The Hall–Kier alpha value is -0.180. The summed E-state index contributed by atoms with van der Waals surface area (Å²) in [4.78, 5) is 0. The first-order chi connectivity index (χ1) is 7.06. The predicted molar refractivity (Wildman–Crippen MR) is 54.6 cm³/mol. The average molecular weight is 215 g/mol. The molecule has 0 unspecified atom stereocenters. The first kappa shape index (κ1) is 10.0. The van der Waals surface area contributed by atoms with Crippen molar-refractivity contribution in [3.63, 3.8) is 0 Å². The second-order valence-electron chi connectivity index (χ2n) is 6.17. The van der Waals surface area contributed by atoms with Crippen LogP contribution < -0.4 is 5.73 Å². The van der Waals surface area contributed by atoms with Crippen LogP contribution in [0.25, 0.3) is 0 Å². The molecule has 1 nitrogen and oxygen atoms in total. The van der Waals surface area contributed by atoms with Gasteiger partial charge in [0.15, 0.2) is 0 Å². The summed E-state index contributed by atoms with van der Waals surface area (Å²) in [5, 5.41) is 0. The minimum Gasteiger partial charge on any atom is -0.325 e. The van der Waals surface area contributed by atoms with Gasteiger partial charge in [-0.05, 0) is 56.3 Å². The molecule has 3 heteroatoms. The number of hydrogen-bond donors (Lipinski definition) is 1. The van der Waals surface area contributed by atoms with Gasteiger partial charge in [0.2, 0.25) is 6.43 Å². The van der Waals surface area contributed by atoms with Crippen molar-refractivity contribution in [3.8, 4) is 0 Å². The molecular formula is C12H19F2N. The maximum Gasteiger partial charge on any atom is 0.241 e. The van der Waals surface area contributed by atoms with E-state index in [0.717, 1.165) is 32.1 Å². The van der Waals surface area contributed by atoms with E-state index in [4.69, 9.17) is 5.73 Å². The summed E-state index contributed by atoms with van der Waals surface area (Å²) in [6, 6.07) is 0. The van der Waals surface area contributed by atoms with Crippen LogP contribution in [-0.4, -0.2) is 12.0 Å². The van der Waals surface area contributed by atoms with Crippen molar-refractivity contribution >= 4 is 0 Å². The summed E-state index contributed by atoms with van der Waals surface area (Å²) < 4.78 is 25.9. The number of rotatable bonds is 1. The molecule has 0 aromatic rings. The molecule has 5 atom stereocenters. The van der Waals surface area contributed by atoms with Gasteiger partial charge in [-0.1, -0.05) is 0 Å². The lowest BCUT2D eigenvalue weighted by Gasteiger charge is -2.46. The van der Waals surface area contributed by atoms with E-state index in [2.05, 4.69) is 0 Å². The first-order valence-electron chi connectivity index (χ1n) is 6.13. The van der Waals surface area contributed by atoms with E-state index in [9.17, 15) is 8.78 Å². The van der Waals surface area contributed by atoms with Gasteiger partial charge in [-0.2, -0.15) is 0 Å². The van der Waals surface area contributed by atoms with Crippen LogP contribution in [0.3, 0.4) is 0 Å². The molecule has 4 saturated carbocycles. The van der Waals surface area contributed by atoms with Gasteiger partial charge in [-0.3, -0.25) is 0 Å². The highest BCUT2D eigenvalue weighted by molar-refractivity contribution is 5.04. The van der Waals surface area contributed by atoms with Gasteiger partial charge in [0.25, 0.3) is 0 Å². The molecule has 0 aromatic carbocycles. The normalized spacial score (nSPS) is 53.6. The highest BCUT2D eigenvalue weighted by Crippen LogP contribution is 2.55. The quantitative estimate of drug-likeness (QED) is 0.715. The number of alkyl halides is 2. The van der Waals surface area contributed by atoms with E-state index in [1.807, 2.05) is 0 Å². The van der Waals surface area contributed by atoms with Crippen LogP contribution in [0.15, 0.2) is 0 Å². The fourth-order valence-corrected chi connectivity index (χ4v) is 4.64. The Kier molecular flexibility index (Phi) is 2.11. The van der Waals surface area contributed by atoms with E-state index in [0.29, 0.717) is 11.8 Å². The van der Waals surface area contributed by atoms with Crippen molar-refractivity contribution in [2.45, 2.75) is 50.5 Å². The van der Waals surface area contributed by atoms with Crippen molar-refractivity contribution in [1.82, 2.24) is 0 Å². The maximum atomic E-state index is 13.0. The van der Waals surface area contributed by atoms with Crippen molar-refractivity contribution in [1.29, 1.82) is 0 Å². The number of hydrogen-bond acceptors (Lipinski definition) is 1. The molecule has 4 aliphatic rings. The smallest absolute Gasteiger partial charge is 0.241 e. The van der Waals surface area contributed by atoms with Crippen LogP contribution in [0.4, 0.5) is 8.78 Å². The van der Waals surface area contributed by atoms with E-state index in [-0.39, 0.29) is 17.4 Å². The molecule has 0 aliphatic heterocycles. The van der Waals surface area contributed by atoms with Gasteiger partial charge in [0.1, 0.15) is 0 Å². The maximum absolute atomic E-state index is 13.0. The molecule has 4 aliphatic carbocycles. The van der Waals surface area contributed by atoms with E-state index in [1.165, 1.54) is 6.42 Å². The Morgan fingerprint density at radius 3 is 2.27 bits per heavy atom. The standard InChI is InChI=1S/C12H19F2N/c13-11(14)10-3-8-1-7-2-9(10)6-12(15,4-7)5-8/h7-11H,1-6,15H2/t7-,8+,9+,10+,12-/m1/s1. The Bertz CT molecular complexity index is 268. The topological polar surface area (TPSA) is 26.0 Å². The summed E-state index contributed by atoms with van der Waals surface area (Å²) in [6.45, 7) is 0. The molecule has 0 spiro atoms. The molecular weight excluding hydrogens is 196 g/mol. The molecule has 0 saturated heterocycles. The summed E-state index contributed by atoms with van der Waals surface area (Å²) in [6.07, 6.45) is 3.74. The van der Waals surface area contributed by atoms with Crippen LogP contribution in [0.2, 0.25) is 0 Å². The molecule has 0 heterocycles. The molecule has 0 amide bonds. The van der Waals surface area contributed by atoms with Gasteiger partial charge in [-0.15, -0.1) is 0 Å². The number of halogens is 2. The van der Waals surface area contributed by atoms with E-state index >= 15 is 0 Å². The molecule has 15 heavy (non-hydrogen) atoms. The van der Waals surface area contributed by atoms with Crippen LogP contribution in [0.5, 0.6) is 0 Å². The number of fused-ring (bicyclic) bond motifs is 1.